The summed E-state index contributed by atoms with van der Waals surface area (Å²) in [5.41, 5.74) is -0.982. The fourth-order valence-corrected chi connectivity index (χ4v) is 52.7. The number of carbonyl (C=O) groups is 3. The molecule has 29 heteroatoms. The van der Waals surface area contributed by atoms with Gasteiger partial charge in [0.05, 0.1) is 36.9 Å². The van der Waals surface area contributed by atoms with E-state index in [0.717, 1.165) is 171 Å². The molecule has 0 aromatic rings. The first kappa shape index (κ1) is 115. The summed E-state index contributed by atoms with van der Waals surface area (Å²) in [5.74, 6) is -2.98. The van der Waals surface area contributed by atoms with Crippen LogP contribution in [-0.4, -0.2) is 215 Å². The molecule has 0 aromatic heterocycles. The Kier molecular flexibility index (Phi) is 42.2. The third-order valence-corrected chi connectivity index (χ3v) is 81.5. The third kappa shape index (κ3) is 22.4. The largest absolute Gasteiger partial charge is 0.481 e. The van der Waals surface area contributed by atoms with Gasteiger partial charge in [0, 0.05) is 5.92 Å². The molecule has 0 aromatic carbocycles. The van der Waals surface area contributed by atoms with Gasteiger partial charge in [0.15, 0.2) is 99.8 Å². The maximum absolute atomic E-state index is 15.5. The van der Waals surface area contributed by atoms with Crippen molar-refractivity contribution in [1.29, 1.82) is 0 Å². The van der Waals surface area contributed by atoms with Gasteiger partial charge in [-0.25, -0.2) is 4.79 Å². The van der Waals surface area contributed by atoms with E-state index >= 15 is 9.59 Å². The molecule has 7 fully saturated rings. The lowest BCUT2D eigenvalue weighted by atomic mass is 9.33. The van der Waals surface area contributed by atoms with Crippen molar-refractivity contribution >= 4 is 93.1 Å². The molecule has 130 heavy (non-hydrogen) atoms. The second-order valence-electron chi connectivity index (χ2n) is 43.7. The van der Waals surface area contributed by atoms with E-state index in [1.807, 2.05) is 0 Å². The number of aldehydes is 1. The van der Waals surface area contributed by atoms with Crippen LogP contribution in [0.25, 0.3) is 0 Å². The fourth-order valence-electron chi connectivity index (χ4n) is 27.3. The molecule has 758 valence electrons. The number of fused-ring (bicyclic) bond motifs is 7. The van der Waals surface area contributed by atoms with E-state index < -0.39 is 207 Å². The standard InChI is InChI=1S/C101H198O20Si9/c1-34-122(35-2,36-3)108-72-79-83(116-125(43-10,44-11)45-12)86(118-127(49-16,50-17)51-18)91(121-130(58-25,59-26)60-27)95(110-79)113-89-85(111-93-90(120-129(55-22,56-23)57-24)84(117-126(46-13,47-14)48-15)80(71-107-93)114-123(37-4,38-5)39-6)87(119-128(52-19,53-20)54-21)88(92(103)104)112-94(89)109-78-67-73(28)100(33)75(74(78)70-102)63-64-98(31)81(100)62-61-76-77-68-97(29,30)65-66-101(77,96(105)106)82(69-99(76,98)32)115-124(40-7,41-8)42-9/h61,70,73-75,77-91,93-95H,34-60,62-69,71-72H2,1-33H3,(H,103,104)(H,105,106)/t73?,74?,75?,77?,78-,79?,80?,81?,82?,83?,84?,85?,86?,87?,88?,89?,90?,91?,93-,94+,95-,98?,99-,100?,101+/m0/s1. The summed E-state index contributed by atoms with van der Waals surface area (Å²) in [7, 11) is -23.5. The lowest BCUT2D eigenvalue weighted by Crippen LogP contribution is -2.71. The van der Waals surface area contributed by atoms with Crippen molar-refractivity contribution in [3.63, 3.8) is 0 Å². The van der Waals surface area contributed by atoms with Gasteiger partial charge in [0.2, 0.25) is 0 Å². The summed E-state index contributed by atoms with van der Waals surface area (Å²) in [6, 6.07) is 23.1. The Bertz CT molecular complexity index is 3440. The minimum Gasteiger partial charge on any atom is -0.481 e. The number of carbonyl (C=O) groups excluding carboxylic acids is 1. The maximum atomic E-state index is 15.5. The van der Waals surface area contributed by atoms with Crippen LogP contribution in [0.5, 0.6) is 0 Å². The number of carboxylic acids is 2. The predicted octanol–water partition coefficient (Wildman–Crippen LogP) is 26.7. The summed E-state index contributed by atoms with van der Waals surface area (Å²) >= 11 is 0. The van der Waals surface area contributed by atoms with Gasteiger partial charge in [-0.05, 0) is 260 Å². The smallest absolute Gasteiger partial charge is 0.335 e. The summed E-state index contributed by atoms with van der Waals surface area (Å²) < 4.78 is 121. The second kappa shape index (κ2) is 47.7. The second-order valence-corrected chi connectivity index (χ2v) is 86.2. The Morgan fingerprint density at radius 2 is 0.815 bits per heavy atom. The van der Waals surface area contributed by atoms with Crippen molar-refractivity contribution in [2.75, 3.05) is 13.2 Å². The van der Waals surface area contributed by atoms with E-state index in [1.165, 1.54) is 11.9 Å². The molecular weight excluding hydrogens is 1790 g/mol. The molecule has 25 atom stereocenters. The highest BCUT2D eigenvalue weighted by Crippen LogP contribution is 2.76. The lowest BCUT2D eigenvalue weighted by molar-refractivity contribution is -0.386. The zero-order valence-electron chi connectivity index (χ0n) is 89.2. The van der Waals surface area contributed by atoms with Gasteiger partial charge in [0.1, 0.15) is 61.2 Å². The summed E-state index contributed by atoms with van der Waals surface area (Å²) in [5, 5.41) is 24.7. The number of rotatable bonds is 55. The van der Waals surface area contributed by atoms with Crippen LogP contribution in [0.2, 0.25) is 163 Å². The highest BCUT2D eigenvalue weighted by molar-refractivity contribution is 6.77. The van der Waals surface area contributed by atoms with Crippen LogP contribution in [0.1, 0.15) is 280 Å². The molecule has 5 aliphatic carbocycles. The molecule has 20 nitrogen and oxygen atoms in total. The van der Waals surface area contributed by atoms with Gasteiger partial charge in [-0.3, -0.25) is 4.79 Å². The number of hydrogen-bond acceptors (Lipinski definition) is 18. The molecule has 3 heterocycles. The molecule has 0 radical (unpaired) electrons. The molecule has 0 spiro atoms. The van der Waals surface area contributed by atoms with Crippen LogP contribution >= 0.6 is 0 Å². The van der Waals surface area contributed by atoms with Gasteiger partial charge < -0.3 is 83.3 Å². The van der Waals surface area contributed by atoms with Gasteiger partial charge in [-0.1, -0.05) is 240 Å². The highest BCUT2D eigenvalue weighted by atomic mass is 28.4. The molecule has 8 rings (SSSR count). The molecule has 3 saturated heterocycles. The van der Waals surface area contributed by atoms with Crippen molar-refractivity contribution in [3.05, 3.63) is 11.6 Å². The maximum Gasteiger partial charge on any atom is 0.335 e. The Morgan fingerprint density at radius 1 is 0.423 bits per heavy atom. The van der Waals surface area contributed by atoms with E-state index in [4.69, 9.17) is 68.3 Å². The summed E-state index contributed by atoms with van der Waals surface area (Å²) in [4.78, 5) is 45.7. The van der Waals surface area contributed by atoms with Crippen molar-refractivity contribution in [2.24, 2.45) is 56.7 Å². The van der Waals surface area contributed by atoms with E-state index in [9.17, 15) is 15.0 Å². The Hall–Kier alpha value is -0.298. The zero-order valence-corrected chi connectivity index (χ0v) is 98.2. The minimum absolute atomic E-state index is 0.0580. The molecule has 3 aliphatic heterocycles. The first-order valence-corrected chi connectivity index (χ1v) is 76.9. The molecule has 2 N–H and O–H groups in total. The average Bonchev–Trinajstić information content (AvgIpc) is 0.667. The van der Waals surface area contributed by atoms with E-state index in [0.29, 0.717) is 43.8 Å². The van der Waals surface area contributed by atoms with Crippen molar-refractivity contribution < 1.29 is 92.9 Å². The highest BCUT2D eigenvalue weighted by Gasteiger charge is 2.74. The predicted molar refractivity (Wildman–Crippen MR) is 551 cm³/mol. The molecule has 4 saturated carbocycles. The van der Waals surface area contributed by atoms with E-state index in [1.54, 1.807) is 0 Å². The van der Waals surface area contributed by atoms with E-state index in [-0.39, 0.29) is 47.7 Å². The van der Waals surface area contributed by atoms with Crippen LogP contribution in [0.15, 0.2) is 11.6 Å². The van der Waals surface area contributed by atoms with Crippen LogP contribution < -0.4 is 0 Å². The Labute approximate surface area is 803 Å². The van der Waals surface area contributed by atoms with Crippen LogP contribution in [0.3, 0.4) is 0 Å². The summed E-state index contributed by atoms with van der Waals surface area (Å²) in [6.07, 6.45) is -6.83. The van der Waals surface area contributed by atoms with Crippen LogP contribution in [0.4, 0.5) is 0 Å². The molecule has 19 unspecified atom stereocenters. The van der Waals surface area contributed by atoms with Gasteiger partial charge in [0.25, 0.3) is 0 Å². The quantitative estimate of drug-likeness (QED) is 0.0249. The normalized spacial score (nSPS) is 34.9. The number of aliphatic carboxylic acids is 2. The van der Waals surface area contributed by atoms with Gasteiger partial charge in [-0.15, -0.1) is 0 Å². The summed E-state index contributed by atoms with van der Waals surface area (Å²) in [6.45, 7) is 76.2. The molecule has 8 aliphatic rings. The molecule has 0 amide bonds. The number of ether oxygens (including phenoxy) is 6. The number of allylic oxidation sites excluding steroid dienone is 2. The first-order chi connectivity index (χ1) is 61.6. The third-order valence-electron chi connectivity index (χ3n) is 39.7. The number of carboxylic acid groups (broad SMARTS) is 2. The zero-order chi connectivity index (χ0) is 97.0. The molecular formula is C101H198O20Si9. The fraction of sp³-hybridized carbons (Fsp3) is 0.950. The topological polar surface area (TPSA) is 230 Å². The van der Waals surface area contributed by atoms with Gasteiger partial charge >= 0.3 is 11.9 Å². The van der Waals surface area contributed by atoms with E-state index in [2.05, 4.69) is 235 Å². The van der Waals surface area contributed by atoms with Crippen molar-refractivity contribution in [3.8, 4) is 0 Å². The van der Waals surface area contributed by atoms with Crippen molar-refractivity contribution in [2.45, 2.75) is 541 Å². The minimum atomic E-state index is -2.96. The number of hydrogen-bond donors (Lipinski definition) is 2. The van der Waals surface area contributed by atoms with Gasteiger partial charge in [-0.2, -0.15) is 0 Å². The SMILES string of the molecule is CC[Si](CC)(CC)OCC1O[C@@H](OC2C(O[C@@H]3OCC(O[Si](CC)(CC)CC)C(O[Si](CC)(CC)CC)C3O[Si](CC)(CC)CC)C(O[Si](CC)(CC)CC)C(C(=O)O)O[C@H]2O[C@H]2CC(C)C3(C)C(CCC4(C)C3CC=C3C5CC(C)(C)CC[C@]5(C(=O)O)C(O[Si](CC)(CC)CC)C[C@@]34C)C2C=O)C(O[Si](CC)(CC)CC)C(O[Si](CC)(CC)CC)C1O[Si](CC)(CC)CC. The first-order valence-electron chi connectivity index (χ1n) is 54.2. The lowest BCUT2D eigenvalue weighted by Gasteiger charge is -2.72. The van der Waals surface area contributed by atoms with Crippen LogP contribution in [-0.2, 0) is 82.6 Å². The Morgan fingerprint density at radius 3 is 1.25 bits per heavy atom. The monoisotopic (exact) mass is 1980 g/mol. The Balaban J connectivity index is 1.47. The van der Waals surface area contributed by atoms with Crippen molar-refractivity contribution in [1.82, 2.24) is 0 Å². The van der Waals surface area contributed by atoms with Crippen LogP contribution in [0, 0.1) is 56.7 Å². The molecule has 0 bridgehead atoms. The average molecular weight is 1990 g/mol.